The fourth-order valence-corrected chi connectivity index (χ4v) is 3.16. The first-order valence-corrected chi connectivity index (χ1v) is 7.48. The van der Waals surface area contributed by atoms with Crippen LogP contribution in [0.2, 0.25) is 0 Å². The zero-order chi connectivity index (χ0) is 12.2. The van der Waals surface area contributed by atoms with Crippen molar-refractivity contribution in [2.45, 2.75) is 38.6 Å². The van der Waals surface area contributed by atoms with Crippen molar-refractivity contribution >= 4 is 5.69 Å². The van der Waals surface area contributed by atoms with Crippen LogP contribution in [-0.2, 0) is 6.54 Å². The quantitative estimate of drug-likeness (QED) is 0.805. The van der Waals surface area contributed by atoms with Crippen LogP contribution in [0.25, 0.3) is 0 Å². The first kappa shape index (κ1) is 12.0. The summed E-state index contributed by atoms with van der Waals surface area (Å²) in [6.45, 7) is 6.19. The highest BCUT2D eigenvalue weighted by atomic mass is 15.1. The molecule has 0 radical (unpaired) electrons. The molecule has 0 aromatic heterocycles. The minimum absolute atomic E-state index is 1.14. The Kier molecular flexibility index (Phi) is 3.84. The van der Waals surface area contributed by atoms with Gasteiger partial charge in [0.15, 0.2) is 0 Å². The highest BCUT2D eigenvalue weighted by Gasteiger charge is 2.13. The third-order valence-electron chi connectivity index (χ3n) is 4.26. The van der Waals surface area contributed by atoms with Gasteiger partial charge in [0.05, 0.1) is 0 Å². The van der Waals surface area contributed by atoms with Crippen molar-refractivity contribution < 1.29 is 0 Å². The molecule has 0 spiro atoms. The molecule has 0 amide bonds. The summed E-state index contributed by atoms with van der Waals surface area (Å²) in [6.07, 6.45) is 6.90. The summed E-state index contributed by atoms with van der Waals surface area (Å²) in [5.41, 5.74) is 2.88. The number of likely N-dealkylation sites (tertiary alicyclic amines) is 1. The van der Waals surface area contributed by atoms with Crippen molar-refractivity contribution in [2.75, 3.05) is 31.1 Å². The van der Waals surface area contributed by atoms with Gasteiger partial charge in [0.2, 0.25) is 0 Å². The Labute approximate surface area is 111 Å². The van der Waals surface area contributed by atoms with Gasteiger partial charge < -0.3 is 4.90 Å². The number of piperidine rings is 1. The molecule has 2 heterocycles. The number of anilines is 1. The Balaban J connectivity index is 1.59. The molecule has 1 aromatic carbocycles. The van der Waals surface area contributed by atoms with Gasteiger partial charge in [-0.1, -0.05) is 18.6 Å². The summed E-state index contributed by atoms with van der Waals surface area (Å²) in [6, 6.07) is 9.26. The van der Waals surface area contributed by atoms with Crippen LogP contribution in [0.4, 0.5) is 5.69 Å². The molecule has 18 heavy (non-hydrogen) atoms. The second-order valence-corrected chi connectivity index (χ2v) is 5.70. The monoisotopic (exact) mass is 244 g/mol. The summed E-state index contributed by atoms with van der Waals surface area (Å²) < 4.78 is 0. The molecule has 0 bridgehead atoms. The maximum Gasteiger partial charge on any atom is 0.0366 e. The van der Waals surface area contributed by atoms with Gasteiger partial charge in [-0.25, -0.2) is 0 Å². The van der Waals surface area contributed by atoms with Crippen molar-refractivity contribution in [1.29, 1.82) is 0 Å². The van der Waals surface area contributed by atoms with Crippen molar-refractivity contribution in [3.63, 3.8) is 0 Å². The lowest BCUT2D eigenvalue weighted by Crippen LogP contribution is -2.29. The van der Waals surface area contributed by atoms with Crippen LogP contribution in [0.1, 0.15) is 37.7 Å². The molecule has 0 aliphatic carbocycles. The van der Waals surface area contributed by atoms with Crippen molar-refractivity contribution in [3.05, 3.63) is 29.8 Å². The van der Waals surface area contributed by atoms with Gasteiger partial charge in [-0.3, -0.25) is 4.90 Å². The van der Waals surface area contributed by atoms with Gasteiger partial charge in [0.25, 0.3) is 0 Å². The summed E-state index contributed by atoms with van der Waals surface area (Å²) in [5.74, 6) is 0. The average Bonchev–Trinajstić information content (AvgIpc) is 2.95. The number of hydrogen-bond acceptors (Lipinski definition) is 2. The largest absolute Gasteiger partial charge is 0.372 e. The van der Waals surface area contributed by atoms with E-state index in [4.69, 9.17) is 0 Å². The Morgan fingerprint density at radius 1 is 0.722 bits per heavy atom. The summed E-state index contributed by atoms with van der Waals surface area (Å²) in [4.78, 5) is 5.10. The molecule has 2 fully saturated rings. The van der Waals surface area contributed by atoms with Gasteiger partial charge >= 0.3 is 0 Å². The van der Waals surface area contributed by atoms with E-state index < -0.39 is 0 Å². The summed E-state index contributed by atoms with van der Waals surface area (Å²) in [5, 5.41) is 0. The van der Waals surface area contributed by atoms with E-state index in [2.05, 4.69) is 34.1 Å². The first-order valence-electron chi connectivity index (χ1n) is 7.48. The third kappa shape index (κ3) is 2.86. The standard InChI is InChI=1S/C16H24N2/c1-2-10-17(11-3-1)14-15-6-8-16(9-7-15)18-12-4-5-13-18/h6-9H,1-5,10-14H2. The molecule has 98 valence electrons. The number of rotatable bonds is 3. The van der Waals surface area contributed by atoms with E-state index in [1.165, 1.54) is 69.5 Å². The van der Waals surface area contributed by atoms with E-state index in [1.807, 2.05) is 0 Å². The van der Waals surface area contributed by atoms with Crippen LogP contribution >= 0.6 is 0 Å². The molecule has 0 saturated carbocycles. The molecule has 1 aromatic rings. The zero-order valence-electron chi connectivity index (χ0n) is 11.3. The average molecular weight is 244 g/mol. The fraction of sp³-hybridized carbons (Fsp3) is 0.625. The smallest absolute Gasteiger partial charge is 0.0366 e. The van der Waals surface area contributed by atoms with Crippen LogP contribution < -0.4 is 4.90 Å². The van der Waals surface area contributed by atoms with E-state index in [-0.39, 0.29) is 0 Å². The topological polar surface area (TPSA) is 6.48 Å². The van der Waals surface area contributed by atoms with Gasteiger partial charge in [-0.05, 0) is 56.5 Å². The molecule has 2 aliphatic rings. The summed E-state index contributed by atoms with van der Waals surface area (Å²) >= 11 is 0. The van der Waals surface area contributed by atoms with Gasteiger partial charge in [0.1, 0.15) is 0 Å². The first-order chi connectivity index (χ1) is 8.92. The minimum atomic E-state index is 1.14. The van der Waals surface area contributed by atoms with Gasteiger partial charge in [-0.2, -0.15) is 0 Å². The van der Waals surface area contributed by atoms with Gasteiger partial charge in [-0.15, -0.1) is 0 Å². The number of benzene rings is 1. The van der Waals surface area contributed by atoms with Crippen LogP contribution in [0, 0.1) is 0 Å². The van der Waals surface area contributed by atoms with E-state index in [9.17, 15) is 0 Å². The highest BCUT2D eigenvalue weighted by Crippen LogP contribution is 2.21. The Morgan fingerprint density at radius 2 is 1.33 bits per heavy atom. The van der Waals surface area contributed by atoms with Crippen molar-refractivity contribution in [3.8, 4) is 0 Å². The second-order valence-electron chi connectivity index (χ2n) is 5.70. The zero-order valence-corrected chi connectivity index (χ0v) is 11.3. The molecule has 0 atom stereocenters. The van der Waals surface area contributed by atoms with Gasteiger partial charge in [0, 0.05) is 25.3 Å². The van der Waals surface area contributed by atoms with E-state index in [0.29, 0.717) is 0 Å². The maximum absolute atomic E-state index is 2.59. The van der Waals surface area contributed by atoms with E-state index in [0.717, 1.165) is 6.54 Å². The molecular weight excluding hydrogens is 220 g/mol. The predicted molar refractivity (Wildman–Crippen MR) is 77.0 cm³/mol. The molecule has 2 heteroatoms. The highest BCUT2D eigenvalue weighted by molar-refractivity contribution is 5.48. The second kappa shape index (κ2) is 5.75. The lowest BCUT2D eigenvalue weighted by atomic mass is 10.1. The molecule has 0 N–H and O–H groups in total. The molecule has 3 rings (SSSR count). The van der Waals surface area contributed by atoms with Crippen molar-refractivity contribution in [2.24, 2.45) is 0 Å². The van der Waals surface area contributed by atoms with E-state index >= 15 is 0 Å². The predicted octanol–water partition coefficient (Wildman–Crippen LogP) is 3.27. The number of hydrogen-bond donors (Lipinski definition) is 0. The Bertz CT molecular complexity index is 359. The Morgan fingerprint density at radius 3 is 2.00 bits per heavy atom. The van der Waals surface area contributed by atoms with Crippen molar-refractivity contribution in [1.82, 2.24) is 4.90 Å². The molecule has 2 aliphatic heterocycles. The minimum Gasteiger partial charge on any atom is -0.372 e. The molecular formula is C16H24N2. The third-order valence-corrected chi connectivity index (χ3v) is 4.26. The van der Waals surface area contributed by atoms with Crippen LogP contribution in [-0.4, -0.2) is 31.1 Å². The molecule has 2 nitrogen and oxygen atoms in total. The SMILES string of the molecule is c1cc(N2CCCC2)ccc1CN1CCCCC1. The van der Waals surface area contributed by atoms with E-state index in [1.54, 1.807) is 0 Å². The maximum atomic E-state index is 2.59. The normalized spacial score (nSPS) is 21.4. The van der Waals surface area contributed by atoms with Crippen LogP contribution in [0.15, 0.2) is 24.3 Å². The lowest BCUT2D eigenvalue weighted by molar-refractivity contribution is 0.221. The lowest BCUT2D eigenvalue weighted by Gasteiger charge is -2.26. The Hall–Kier alpha value is -1.02. The molecule has 2 saturated heterocycles. The van der Waals surface area contributed by atoms with Crippen LogP contribution in [0.3, 0.4) is 0 Å². The number of nitrogens with zero attached hydrogens (tertiary/aromatic N) is 2. The summed E-state index contributed by atoms with van der Waals surface area (Å²) in [7, 11) is 0. The molecule has 0 unspecified atom stereocenters. The fourth-order valence-electron chi connectivity index (χ4n) is 3.16. The van der Waals surface area contributed by atoms with Crippen LogP contribution in [0.5, 0.6) is 0 Å².